The third kappa shape index (κ3) is 10.4. The van der Waals surface area contributed by atoms with Crippen LogP contribution < -0.4 is 18.9 Å². The molecule has 2 N–H and O–H groups in total. The van der Waals surface area contributed by atoms with Gasteiger partial charge in [-0.05, 0) is 205 Å². The molecule has 0 saturated carbocycles. The van der Waals surface area contributed by atoms with Gasteiger partial charge in [-0.3, -0.25) is 0 Å². The summed E-state index contributed by atoms with van der Waals surface area (Å²) in [5, 5.41) is 20.8. The summed E-state index contributed by atoms with van der Waals surface area (Å²) in [6, 6.07) is 16.3. The second kappa shape index (κ2) is 18.9. The zero-order valence-electron chi connectivity index (χ0n) is 29.2. The first kappa shape index (κ1) is 44.6. The molecule has 4 rings (SSSR count). The van der Waals surface area contributed by atoms with Gasteiger partial charge in [-0.15, -0.1) is 0 Å². The molecule has 6 nitrogen and oxygen atoms in total. The van der Waals surface area contributed by atoms with E-state index in [1.807, 2.05) is 43.3 Å². The molecule has 0 heterocycles. The van der Waals surface area contributed by atoms with E-state index in [0.29, 0.717) is 23.7 Å². The number of hydrogen-bond donors (Lipinski definition) is 2. The molecule has 14 heteroatoms. The fourth-order valence-corrected chi connectivity index (χ4v) is 11.1. The molecule has 0 aromatic heterocycles. The molecule has 4 aromatic rings. The summed E-state index contributed by atoms with van der Waals surface area (Å²) in [6.45, 7) is 10.7. The normalized spacial score (nSPS) is 13.2. The Morgan fingerprint density at radius 1 is 0.462 bits per heavy atom. The van der Waals surface area contributed by atoms with Gasteiger partial charge >= 0.3 is 0 Å². The van der Waals surface area contributed by atoms with Gasteiger partial charge in [0.05, 0.1) is 49.0 Å². The van der Waals surface area contributed by atoms with E-state index in [1.54, 1.807) is 7.11 Å². The Labute approximate surface area is 373 Å². The van der Waals surface area contributed by atoms with Crippen molar-refractivity contribution in [3.63, 3.8) is 0 Å². The monoisotopic (exact) mass is 1220 g/mol. The van der Waals surface area contributed by atoms with Crippen LogP contribution in [0.2, 0.25) is 0 Å². The maximum absolute atomic E-state index is 10.9. The second-order valence-corrected chi connectivity index (χ2v) is 20.0. The van der Waals surface area contributed by atoms with Crippen molar-refractivity contribution in [3.8, 4) is 23.0 Å². The van der Waals surface area contributed by atoms with Crippen LogP contribution >= 0.6 is 127 Å². The highest BCUT2D eigenvalue weighted by Gasteiger charge is 2.29. The number of methoxy groups -OCH3 is 1. The van der Waals surface area contributed by atoms with Gasteiger partial charge in [0.1, 0.15) is 48.9 Å². The van der Waals surface area contributed by atoms with E-state index in [2.05, 4.69) is 167 Å². The quantitative estimate of drug-likeness (QED) is 0.124. The van der Waals surface area contributed by atoms with Crippen molar-refractivity contribution < 1.29 is 29.2 Å². The van der Waals surface area contributed by atoms with Crippen LogP contribution in [0.5, 0.6) is 23.0 Å². The van der Waals surface area contributed by atoms with E-state index in [1.165, 1.54) is 0 Å². The second-order valence-electron chi connectivity index (χ2n) is 13.2. The highest BCUT2D eigenvalue weighted by atomic mass is 79.9. The standard InChI is InChI=1S/C38H38Br8O6/c1-7-23(47)16-50-34-27(41)10-21(11-28(34)42)38(4,5)22-14-31(45)36(32(46)15-22)52-18-24(48)17-51-35-29(43)12-20(13-30(35)44)37(2,3)19-8-25(39)33(49-6)26(40)9-19/h8-15,23-24,47-48H,7,16-18H2,1-6H3. The Hall–Kier alpha value is -0.160. The van der Waals surface area contributed by atoms with Gasteiger partial charge in [-0.1, -0.05) is 34.6 Å². The number of aliphatic hydroxyl groups is 2. The van der Waals surface area contributed by atoms with Crippen LogP contribution in [0, 0.1) is 0 Å². The zero-order chi connectivity index (χ0) is 38.7. The van der Waals surface area contributed by atoms with Crippen LogP contribution in [0.3, 0.4) is 0 Å². The lowest BCUT2D eigenvalue weighted by Gasteiger charge is -2.29. The average Bonchev–Trinajstić information content (AvgIpc) is 3.06. The molecule has 4 aromatic carbocycles. The fraction of sp³-hybridized carbons (Fsp3) is 0.368. The Balaban J connectivity index is 1.43. The van der Waals surface area contributed by atoms with E-state index < -0.39 is 17.6 Å². The molecular weight excluding hydrogens is 1190 g/mol. The number of aliphatic hydroxyl groups excluding tert-OH is 2. The van der Waals surface area contributed by atoms with Gasteiger partial charge in [-0.25, -0.2) is 0 Å². The van der Waals surface area contributed by atoms with Crippen LogP contribution in [0.4, 0.5) is 0 Å². The average molecular weight is 1230 g/mol. The molecular formula is C38H38Br8O6. The molecule has 52 heavy (non-hydrogen) atoms. The minimum absolute atomic E-state index is 0.00953. The van der Waals surface area contributed by atoms with Gasteiger partial charge in [0.15, 0.2) is 0 Å². The van der Waals surface area contributed by atoms with Gasteiger partial charge in [0, 0.05) is 10.8 Å². The number of hydrogen-bond acceptors (Lipinski definition) is 6. The van der Waals surface area contributed by atoms with Crippen molar-refractivity contribution in [1.82, 2.24) is 0 Å². The molecule has 0 aliphatic carbocycles. The fourth-order valence-electron chi connectivity index (χ4n) is 5.33. The molecule has 0 bridgehead atoms. The number of ether oxygens (including phenoxy) is 4. The molecule has 0 fully saturated rings. The lowest BCUT2D eigenvalue weighted by molar-refractivity contribution is 0.0615. The van der Waals surface area contributed by atoms with Crippen molar-refractivity contribution >= 4 is 127 Å². The van der Waals surface area contributed by atoms with Crippen LogP contribution in [0.1, 0.15) is 63.3 Å². The Kier molecular flexibility index (Phi) is 16.2. The van der Waals surface area contributed by atoms with Crippen molar-refractivity contribution in [2.75, 3.05) is 26.9 Å². The van der Waals surface area contributed by atoms with Crippen molar-refractivity contribution in [2.24, 2.45) is 0 Å². The summed E-state index contributed by atoms with van der Waals surface area (Å²) in [6.07, 6.45) is -0.825. The van der Waals surface area contributed by atoms with Crippen molar-refractivity contribution in [3.05, 3.63) is 107 Å². The molecule has 0 saturated heterocycles. The van der Waals surface area contributed by atoms with E-state index in [0.717, 1.165) is 63.8 Å². The Bertz CT molecular complexity index is 1820. The highest BCUT2D eigenvalue weighted by Crippen LogP contribution is 2.46. The Morgan fingerprint density at radius 3 is 0.923 bits per heavy atom. The van der Waals surface area contributed by atoms with Crippen LogP contribution in [-0.4, -0.2) is 49.4 Å². The van der Waals surface area contributed by atoms with E-state index in [-0.39, 0.29) is 25.2 Å². The molecule has 0 aliphatic heterocycles. The lowest BCUT2D eigenvalue weighted by atomic mass is 9.78. The van der Waals surface area contributed by atoms with Crippen LogP contribution in [0.25, 0.3) is 0 Å². The van der Waals surface area contributed by atoms with Gasteiger partial charge in [0.25, 0.3) is 0 Å². The van der Waals surface area contributed by atoms with Crippen LogP contribution in [0.15, 0.2) is 84.3 Å². The molecule has 0 amide bonds. The molecule has 0 radical (unpaired) electrons. The van der Waals surface area contributed by atoms with Crippen molar-refractivity contribution in [2.45, 2.75) is 64.1 Å². The predicted octanol–water partition coefficient (Wildman–Crippen LogP) is 13.4. The first-order valence-electron chi connectivity index (χ1n) is 16.1. The van der Waals surface area contributed by atoms with Gasteiger partial charge in [0.2, 0.25) is 0 Å². The van der Waals surface area contributed by atoms with Crippen LogP contribution in [-0.2, 0) is 10.8 Å². The smallest absolute Gasteiger partial charge is 0.147 e. The summed E-state index contributed by atoms with van der Waals surface area (Å²) >= 11 is 29.3. The first-order chi connectivity index (χ1) is 24.3. The van der Waals surface area contributed by atoms with Gasteiger partial charge < -0.3 is 29.2 Å². The highest BCUT2D eigenvalue weighted by molar-refractivity contribution is 9.12. The van der Waals surface area contributed by atoms with E-state index in [4.69, 9.17) is 18.9 Å². The minimum Gasteiger partial charge on any atom is -0.494 e. The maximum atomic E-state index is 10.9. The molecule has 2 unspecified atom stereocenters. The van der Waals surface area contributed by atoms with E-state index in [9.17, 15) is 10.2 Å². The topological polar surface area (TPSA) is 77.4 Å². The largest absolute Gasteiger partial charge is 0.494 e. The van der Waals surface area contributed by atoms with Crippen molar-refractivity contribution in [1.29, 1.82) is 0 Å². The van der Waals surface area contributed by atoms with E-state index >= 15 is 0 Å². The third-order valence-corrected chi connectivity index (χ3v) is 13.5. The maximum Gasteiger partial charge on any atom is 0.147 e. The zero-order valence-corrected chi connectivity index (χ0v) is 41.8. The number of rotatable bonds is 15. The first-order valence-corrected chi connectivity index (χ1v) is 22.4. The summed E-state index contributed by atoms with van der Waals surface area (Å²) in [4.78, 5) is 0. The molecule has 0 aliphatic rings. The summed E-state index contributed by atoms with van der Waals surface area (Å²) in [5.74, 6) is 2.55. The Morgan fingerprint density at radius 2 is 0.692 bits per heavy atom. The van der Waals surface area contributed by atoms with Gasteiger partial charge in [-0.2, -0.15) is 0 Å². The SMILES string of the molecule is CCC(O)COc1c(Br)cc(C(C)(C)c2cc(Br)c(OCC(O)COc3c(Br)cc(C(C)(C)c4cc(Br)c(OC)c(Br)c4)cc3Br)c(Br)c2)cc1Br. The summed E-state index contributed by atoms with van der Waals surface area (Å²) in [7, 11) is 1.64. The number of benzene rings is 4. The summed E-state index contributed by atoms with van der Waals surface area (Å²) < 4.78 is 29.8. The summed E-state index contributed by atoms with van der Waals surface area (Å²) in [5.41, 5.74) is 3.47. The molecule has 2 atom stereocenters. The predicted molar refractivity (Wildman–Crippen MR) is 237 cm³/mol. The molecule has 0 spiro atoms. The number of halogens is 8. The molecule has 282 valence electrons. The minimum atomic E-state index is -0.910. The third-order valence-electron chi connectivity index (χ3n) is 8.82. The lowest BCUT2D eigenvalue weighted by Crippen LogP contribution is -2.26.